The molecule has 1 N–H and O–H groups in total. The molecule has 3 unspecified atom stereocenters. The fraction of sp³-hybridized carbons (Fsp3) is 0.923. The van der Waals surface area contributed by atoms with E-state index < -0.39 is 5.97 Å². The second-order valence-electron chi connectivity index (χ2n) is 5.63. The number of aliphatic carboxylic acids is 1. The zero-order chi connectivity index (χ0) is 11.5. The Morgan fingerprint density at radius 3 is 2.81 bits per heavy atom. The summed E-state index contributed by atoms with van der Waals surface area (Å²) in [5.41, 5.74) is 0. The Hall–Kier alpha value is -0.570. The zero-order valence-corrected chi connectivity index (χ0v) is 10.2. The molecule has 3 atom stereocenters. The summed E-state index contributed by atoms with van der Waals surface area (Å²) in [6, 6.07) is -0.197. The van der Waals surface area contributed by atoms with E-state index in [0.717, 1.165) is 37.8 Å². The Bertz CT molecular complexity index is 254. The van der Waals surface area contributed by atoms with E-state index >= 15 is 0 Å². The average molecular weight is 225 g/mol. The van der Waals surface area contributed by atoms with Crippen LogP contribution in [-0.4, -0.2) is 35.1 Å². The molecule has 16 heavy (non-hydrogen) atoms. The molecular formula is C13H23NO2. The second-order valence-corrected chi connectivity index (χ2v) is 5.63. The van der Waals surface area contributed by atoms with Crippen molar-refractivity contribution in [2.75, 3.05) is 13.1 Å². The SMILES string of the molecule is CC1CCCC(CN2CCCC2C(=O)O)C1. The predicted molar refractivity (Wildman–Crippen MR) is 63.4 cm³/mol. The van der Waals surface area contributed by atoms with E-state index in [1.54, 1.807) is 0 Å². The summed E-state index contributed by atoms with van der Waals surface area (Å²) in [5.74, 6) is 0.953. The van der Waals surface area contributed by atoms with Crippen molar-refractivity contribution in [2.45, 2.75) is 51.5 Å². The third-order valence-electron chi connectivity index (χ3n) is 4.19. The van der Waals surface area contributed by atoms with Gasteiger partial charge in [-0.3, -0.25) is 9.69 Å². The largest absolute Gasteiger partial charge is 0.480 e. The fourth-order valence-electron chi connectivity index (χ4n) is 3.38. The van der Waals surface area contributed by atoms with Crippen LogP contribution < -0.4 is 0 Å². The Kier molecular flexibility index (Phi) is 3.85. The smallest absolute Gasteiger partial charge is 0.320 e. The third-order valence-corrected chi connectivity index (χ3v) is 4.19. The number of carboxylic acids is 1. The second kappa shape index (κ2) is 5.17. The Morgan fingerprint density at radius 2 is 2.12 bits per heavy atom. The van der Waals surface area contributed by atoms with Crippen molar-refractivity contribution < 1.29 is 9.90 Å². The molecule has 3 heteroatoms. The van der Waals surface area contributed by atoms with Crippen molar-refractivity contribution in [1.82, 2.24) is 4.90 Å². The van der Waals surface area contributed by atoms with Gasteiger partial charge in [0.2, 0.25) is 0 Å². The summed E-state index contributed by atoms with van der Waals surface area (Å²) >= 11 is 0. The minimum Gasteiger partial charge on any atom is -0.480 e. The highest BCUT2D eigenvalue weighted by atomic mass is 16.4. The standard InChI is InChI=1S/C13H23NO2/c1-10-4-2-5-11(8-10)9-14-7-3-6-12(14)13(15)16/h10-12H,2-9H2,1H3,(H,15,16). The van der Waals surface area contributed by atoms with E-state index in [4.69, 9.17) is 5.11 Å². The first-order valence-corrected chi connectivity index (χ1v) is 6.63. The topological polar surface area (TPSA) is 40.5 Å². The number of carboxylic acid groups (broad SMARTS) is 1. The maximum Gasteiger partial charge on any atom is 0.320 e. The minimum atomic E-state index is -0.624. The molecule has 0 aromatic rings. The van der Waals surface area contributed by atoms with Gasteiger partial charge in [-0.15, -0.1) is 0 Å². The fourth-order valence-corrected chi connectivity index (χ4v) is 3.38. The quantitative estimate of drug-likeness (QED) is 0.801. The minimum absolute atomic E-state index is 0.197. The molecule has 0 radical (unpaired) electrons. The van der Waals surface area contributed by atoms with Crippen LogP contribution in [0, 0.1) is 11.8 Å². The van der Waals surface area contributed by atoms with Gasteiger partial charge in [0.1, 0.15) is 6.04 Å². The lowest BCUT2D eigenvalue weighted by Crippen LogP contribution is -2.39. The monoisotopic (exact) mass is 225 g/mol. The first kappa shape index (κ1) is 11.9. The molecule has 0 aromatic carbocycles. The van der Waals surface area contributed by atoms with Crippen molar-refractivity contribution in [1.29, 1.82) is 0 Å². The number of hydrogen-bond donors (Lipinski definition) is 1. The van der Waals surface area contributed by atoms with Gasteiger partial charge in [-0.1, -0.05) is 19.8 Å². The van der Waals surface area contributed by atoms with Crippen LogP contribution in [0.15, 0.2) is 0 Å². The summed E-state index contributed by atoms with van der Waals surface area (Å²) in [7, 11) is 0. The van der Waals surface area contributed by atoms with Crippen LogP contribution in [0.25, 0.3) is 0 Å². The third kappa shape index (κ3) is 2.76. The average Bonchev–Trinajstić information content (AvgIpc) is 2.66. The number of nitrogens with zero attached hydrogens (tertiary/aromatic N) is 1. The van der Waals surface area contributed by atoms with Crippen molar-refractivity contribution in [3.05, 3.63) is 0 Å². The van der Waals surface area contributed by atoms with E-state index in [1.165, 1.54) is 25.7 Å². The van der Waals surface area contributed by atoms with Crippen molar-refractivity contribution in [3.8, 4) is 0 Å². The van der Waals surface area contributed by atoms with E-state index in [-0.39, 0.29) is 6.04 Å². The Morgan fingerprint density at radius 1 is 1.31 bits per heavy atom. The molecule has 2 rings (SSSR count). The van der Waals surface area contributed by atoms with Gasteiger partial charge >= 0.3 is 5.97 Å². The lowest BCUT2D eigenvalue weighted by atomic mass is 9.82. The molecule has 1 aliphatic carbocycles. The highest BCUT2D eigenvalue weighted by molar-refractivity contribution is 5.73. The highest BCUT2D eigenvalue weighted by Crippen LogP contribution is 2.30. The summed E-state index contributed by atoms with van der Waals surface area (Å²) in [6.45, 7) is 4.33. The molecule has 0 aromatic heterocycles. The molecule has 1 heterocycles. The van der Waals surface area contributed by atoms with Crippen molar-refractivity contribution in [2.24, 2.45) is 11.8 Å². The maximum absolute atomic E-state index is 11.1. The van der Waals surface area contributed by atoms with Crippen LogP contribution in [0.1, 0.15) is 45.4 Å². The predicted octanol–water partition coefficient (Wildman–Crippen LogP) is 2.36. The molecular weight excluding hydrogens is 202 g/mol. The lowest BCUT2D eigenvalue weighted by molar-refractivity contribution is -0.142. The van der Waals surface area contributed by atoms with Gasteiger partial charge < -0.3 is 5.11 Å². The molecule has 3 nitrogen and oxygen atoms in total. The number of hydrogen-bond acceptors (Lipinski definition) is 2. The van der Waals surface area contributed by atoms with Gasteiger partial charge in [-0.05, 0) is 44.1 Å². The molecule has 1 aliphatic heterocycles. The van der Waals surface area contributed by atoms with Crippen LogP contribution in [0.3, 0.4) is 0 Å². The van der Waals surface area contributed by atoms with Gasteiger partial charge in [0.15, 0.2) is 0 Å². The number of carbonyl (C=O) groups is 1. The van der Waals surface area contributed by atoms with Crippen LogP contribution in [0.4, 0.5) is 0 Å². The molecule has 0 amide bonds. The Labute approximate surface area is 97.8 Å². The van der Waals surface area contributed by atoms with Crippen molar-refractivity contribution >= 4 is 5.97 Å². The van der Waals surface area contributed by atoms with Gasteiger partial charge in [-0.25, -0.2) is 0 Å². The molecule has 2 fully saturated rings. The van der Waals surface area contributed by atoms with Gasteiger partial charge in [-0.2, -0.15) is 0 Å². The van der Waals surface area contributed by atoms with E-state index in [1.807, 2.05) is 0 Å². The molecule has 1 saturated carbocycles. The highest BCUT2D eigenvalue weighted by Gasteiger charge is 2.32. The summed E-state index contributed by atoms with van der Waals surface area (Å²) in [6.07, 6.45) is 7.18. The van der Waals surface area contributed by atoms with Crippen molar-refractivity contribution in [3.63, 3.8) is 0 Å². The van der Waals surface area contributed by atoms with Gasteiger partial charge in [0.25, 0.3) is 0 Å². The van der Waals surface area contributed by atoms with Gasteiger partial charge in [0.05, 0.1) is 0 Å². The molecule has 0 spiro atoms. The number of likely N-dealkylation sites (tertiary alicyclic amines) is 1. The molecule has 92 valence electrons. The van der Waals surface area contributed by atoms with Crippen LogP contribution >= 0.6 is 0 Å². The summed E-state index contributed by atoms with van der Waals surface area (Å²) < 4.78 is 0. The maximum atomic E-state index is 11.1. The molecule has 2 aliphatic rings. The normalized spacial score (nSPS) is 36.4. The number of rotatable bonds is 3. The van der Waals surface area contributed by atoms with Crippen LogP contribution in [0.2, 0.25) is 0 Å². The summed E-state index contributed by atoms with van der Waals surface area (Å²) in [4.78, 5) is 13.3. The molecule has 1 saturated heterocycles. The van der Waals surface area contributed by atoms with Gasteiger partial charge in [0, 0.05) is 6.54 Å². The van der Waals surface area contributed by atoms with Crippen LogP contribution in [0.5, 0.6) is 0 Å². The van der Waals surface area contributed by atoms with Crippen LogP contribution in [-0.2, 0) is 4.79 Å². The first-order chi connectivity index (χ1) is 7.66. The zero-order valence-electron chi connectivity index (χ0n) is 10.2. The lowest BCUT2D eigenvalue weighted by Gasteiger charge is -2.31. The summed E-state index contributed by atoms with van der Waals surface area (Å²) in [5, 5.41) is 9.12. The Balaban J connectivity index is 1.86. The van der Waals surface area contributed by atoms with E-state index in [0.29, 0.717) is 0 Å². The first-order valence-electron chi connectivity index (χ1n) is 6.63. The van der Waals surface area contributed by atoms with E-state index in [9.17, 15) is 4.79 Å². The van der Waals surface area contributed by atoms with E-state index in [2.05, 4.69) is 11.8 Å². The molecule has 0 bridgehead atoms.